The molecule has 3 nitrogen and oxygen atoms in total. The molecule has 0 saturated heterocycles. The summed E-state index contributed by atoms with van der Waals surface area (Å²) in [6.45, 7) is 0.679. The third kappa shape index (κ3) is 1.03. The zero-order chi connectivity index (χ0) is 7.68. The summed E-state index contributed by atoms with van der Waals surface area (Å²) in [5.74, 6) is 0. The van der Waals surface area contributed by atoms with Crippen LogP contribution in [0.25, 0.3) is 0 Å². The maximum absolute atomic E-state index is 5.79. The van der Waals surface area contributed by atoms with E-state index in [1.165, 1.54) is 0 Å². The molecule has 0 amide bonds. The molecule has 56 valence electrons. The monoisotopic (exact) mass is 147 g/mol. The minimum Gasteiger partial charge on any atom is -0.322 e. The Bertz CT molecular complexity index is 293. The molecule has 0 aliphatic carbocycles. The molecule has 1 aliphatic rings. The third-order valence-electron chi connectivity index (χ3n) is 1.82. The number of hydrogen-bond donors (Lipinski definition) is 1. The highest BCUT2D eigenvalue weighted by atomic mass is 14.8. The average molecular weight is 147 g/mol. The molecular weight excluding hydrogens is 138 g/mol. The Hall–Kier alpha value is -1.22. The third-order valence-corrected chi connectivity index (χ3v) is 1.82. The van der Waals surface area contributed by atoms with E-state index in [1.807, 2.05) is 18.5 Å². The molecule has 1 unspecified atom stereocenters. The highest BCUT2D eigenvalue weighted by Gasteiger charge is 2.12. The van der Waals surface area contributed by atoms with E-state index in [1.54, 1.807) is 6.20 Å². The van der Waals surface area contributed by atoms with Gasteiger partial charge >= 0.3 is 0 Å². The highest BCUT2D eigenvalue weighted by molar-refractivity contribution is 5.82. The average Bonchev–Trinajstić information content (AvgIpc) is 2.06. The summed E-state index contributed by atoms with van der Waals surface area (Å²) in [6, 6.07) is 1.96. The Morgan fingerprint density at radius 3 is 3.27 bits per heavy atom. The number of nitrogens with two attached hydrogens (primary N) is 1. The molecule has 0 aromatic carbocycles. The molecule has 2 N–H and O–H groups in total. The molecule has 2 rings (SSSR count). The fraction of sp³-hybridized carbons (Fsp3) is 0.250. The van der Waals surface area contributed by atoms with Crippen molar-refractivity contribution in [3.8, 4) is 0 Å². The van der Waals surface area contributed by atoms with Gasteiger partial charge in [-0.1, -0.05) is 0 Å². The van der Waals surface area contributed by atoms with E-state index < -0.39 is 0 Å². The van der Waals surface area contributed by atoms with Crippen molar-refractivity contribution < 1.29 is 0 Å². The maximum Gasteiger partial charge on any atom is 0.0583 e. The van der Waals surface area contributed by atoms with Gasteiger partial charge in [0.15, 0.2) is 0 Å². The first-order chi connectivity index (χ1) is 5.38. The molecule has 11 heavy (non-hydrogen) atoms. The Balaban J connectivity index is 2.54. The molecule has 1 atom stereocenters. The first-order valence-electron chi connectivity index (χ1n) is 3.57. The maximum atomic E-state index is 5.79. The van der Waals surface area contributed by atoms with Crippen LogP contribution in [-0.2, 0) is 0 Å². The van der Waals surface area contributed by atoms with Crippen LogP contribution in [0.4, 0.5) is 0 Å². The number of nitrogens with zero attached hydrogens (tertiary/aromatic N) is 2. The van der Waals surface area contributed by atoms with Crippen LogP contribution < -0.4 is 5.73 Å². The van der Waals surface area contributed by atoms with Crippen molar-refractivity contribution >= 4 is 6.21 Å². The number of rotatable bonds is 0. The molecule has 1 aromatic heterocycles. The van der Waals surface area contributed by atoms with Crippen LogP contribution in [0.1, 0.15) is 17.2 Å². The van der Waals surface area contributed by atoms with Gasteiger partial charge in [-0.3, -0.25) is 9.98 Å². The van der Waals surface area contributed by atoms with Gasteiger partial charge < -0.3 is 5.73 Å². The fourth-order valence-corrected chi connectivity index (χ4v) is 1.21. The lowest BCUT2D eigenvalue weighted by Gasteiger charge is -2.15. The fourth-order valence-electron chi connectivity index (χ4n) is 1.21. The largest absolute Gasteiger partial charge is 0.322 e. The number of pyridine rings is 1. The first kappa shape index (κ1) is 6.49. The zero-order valence-corrected chi connectivity index (χ0v) is 6.07. The van der Waals surface area contributed by atoms with Crippen LogP contribution in [0.15, 0.2) is 23.5 Å². The number of aliphatic imine (C=N–C) groups is 1. The predicted molar refractivity (Wildman–Crippen MR) is 43.6 cm³/mol. The molecule has 2 heterocycles. The molecule has 0 radical (unpaired) electrons. The number of hydrogen-bond acceptors (Lipinski definition) is 3. The standard InChI is InChI=1S/C8H9N3/c9-8-5-11-3-6-1-2-10-4-7(6)8/h1-4,8H,5,9H2. The second kappa shape index (κ2) is 2.43. The Labute approximate surface area is 65.0 Å². The zero-order valence-electron chi connectivity index (χ0n) is 6.07. The summed E-state index contributed by atoms with van der Waals surface area (Å²) in [5, 5.41) is 0. The van der Waals surface area contributed by atoms with Crippen LogP contribution in [0.3, 0.4) is 0 Å². The van der Waals surface area contributed by atoms with Crippen LogP contribution in [-0.4, -0.2) is 17.7 Å². The molecule has 1 aromatic rings. The van der Waals surface area contributed by atoms with Gasteiger partial charge in [-0.15, -0.1) is 0 Å². The van der Waals surface area contributed by atoms with E-state index in [0.29, 0.717) is 6.54 Å². The van der Waals surface area contributed by atoms with Gasteiger partial charge in [-0.25, -0.2) is 0 Å². The van der Waals surface area contributed by atoms with Gasteiger partial charge in [0.25, 0.3) is 0 Å². The van der Waals surface area contributed by atoms with Gasteiger partial charge in [-0.2, -0.15) is 0 Å². The van der Waals surface area contributed by atoms with Gasteiger partial charge in [0, 0.05) is 24.2 Å². The van der Waals surface area contributed by atoms with Crippen molar-refractivity contribution in [2.45, 2.75) is 6.04 Å². The van der Waals surface area contributed by atoms with Crippen LogP contribution in [0.5, 0.6) is 0 Å². The lowest BCUT2D eigenvalue weighted by molar-refractivity contribution is 0.724. The Morgan fingerprint density at radius 1 is 1.55 bits per heavy atom. The quantitative estimate of drug-likeness (QED) is 0.581. The molecule has 0 fully saturated rings. The Morgan fingerprint density at radius 2 is 2.45 bits per heavy atom. The Kier molecular flexibility index (Phi) is 1.43. The summed E-state index contributed by atoms with van der Waals surface area (Å²) >= 11 is 0. The predicted octanol–water partition coefficient (Wildman–Crippen LogP) is 0.514. The second-order valence-corrected chi connectivity index (χ2v) is 2.61. The first-order valence-corrected chi connectivity index (χ1v) is 3.57. The van der Waals surface area contributed by atoms with E-state index in [9.17, 15) is 0 Å². The molecule has 0 saturated carbocycles. The van der Waals surface area contributed by atoms with E-state index in [2.05, 4.69) is 9.98 Å². The summed E-state index contributed by atoms with van der Waals surface area (Å²) in [7, 11) is 0. The topological polar surface area (TPSA) is 51.3 Å². The summed E-state index contributed by atoms with van der Waals surface area (Å²) in [4.78, 5) is 8.13. The van der Waals surface area contributed by atoms with Crippen LogP contribution >= 0.6 is 0 Å². The SMILES string of the molecule is NC1CN=Cc2ccncc21. The lowest BCUT2D eigenvalue weighted by atomic mass is 10.0. The van der Waals surface area contributed by atoms with Crippen molar-refractivity contribution in [2.75, 3.05) is 6.54 Å². The normalized spacial score (nSPS) is 21.4. The summed E-state index contributed by atoms with van der Waals surface area (Å²) < 4.78 is 0. The second-order valence-electron chi connectivity index (χ2n) is 2.61. The molecular formula is C8H9N3. The van der Waals surface area contributed by atoms with Crippen molar-refractivity contribution in [1.29, 1.82) is 0 Å². The minimum atomic E-state index is 0.0312. The van der Waals surface area contributed by atoms with E-state index in [4.69, 9.17) is 5.73 Å². The summed E-state index contributed by atoms with van der Waals surface area (Å²) in [5.41, 5.74) is 7.99. The van der Waals surface area contributed by atoms with E-state index in [0.717, 1.165) is 11.1 Å². The summed E-state index contributed by atoms with van der Waals surface area (Å²) in [6.07, 6.45) is 5.41. The number of aromatic nitrogens is 1. The van der Waals surface area contributed by atoms with Crippen LogP contribution in [0, 0.1) is 0 Å². The van der Waals surface area contributed by atoms with Gasteiger partial charge in [-0.05, 0) is 11.6 Å². The molecule has 3 heteroatoms. The lowest BCUT2D eigenvalue weighted by Crippen LogP contribution is -2.19. The van der Waals surface area contributed by atoms with Crippen molar-refractivity contribution in [3.63, 3.8) is 0 Å². The van der Waals surface area contributed by atoms with Crippen LogP contribution in [0.2, 0.25) is 0 Å². The van der Waals surface area contributed by atoms with E-state index >= 15 is 0 Å². The van der Waals surface area contributed by atoms with Crippen molar-refractivity contribution in [1.82, 2.24) is 4.98 Å². The molecule has 1 aliphatic heterocycles. The van der Waals surface area contributed by atoms with Crippen molar-refractivity contribution in [3.05, 3.63) is 29.6 Å². The van der Waals surface area contributed by atoms with Crippen molar-refractivity contribution in [2.24, 2.45) is 10.7 Å². The number of fused-ring (bicyclic) bond motifs is 1. The minimum absolute atomic E-state index is 0.0312. The van der Waals surface area contributed by atoms with Gasteiger partial charge in [0.1, 0.15) is 0 Å². The molecule has 0 spiro atoms. The van der Waals surface area contributed by atoms with E-state index in [-0.39, 0.29) is 6.04 Å². The van der Waals surface area contributed by atoms with Gasteiger partial charge in [0.2, 0.25) is 0 Å². The van der Waals surface area contributed by atoms with Gasteiger partial charge in [0.05, 0.1) is 12.6 Å². The highest BCUT2D eigenvalue weighted by Crippen LogP contribution is 2.16. The smallest absolute Gasteiger partial charge is 0.0583 e. The molecule has 0 bridgehead atoms.